The molecular weight excluding hydrogens is 209 g/mol. The number of rotatable bonds is 8. The molecule has 0 N–H and O–H groups in total. The molecule has 0 fully saturated rings. The molecule has 1 nitrogen and oxygen atoms in total. The quantitative estimate of drug-likeness (QED) is 0.317. The molecule has 0 aliphatic rings. The highest BCUT2D eigenvalue weighted by Gasteiger charge is 2.25. The summed E-state index contributed by atoms with van der Waals surface area (Å²) in [6.07, 6.45) is 5.99. The molecular formula is C14H31AlN-. The van der Waals surface area contributed by atoms with Gasteiger partial charge in [0.15, 0.2) is 0 Å². The zero-order chi connectivity index (χ0) is 12.6. The summed E-state index contributed by atoms with van der Waals surface area (Å²) in [5.41, 5.74) is 0. The van der Waals surface area contributed by atoms with Gasteiger partial charge in [-0.05, 0) is 12.8 Å². The van der Waals surface area contributed by atoms with Gasteiger partial charge in [-0.25, -0.2) is 0 Å². The lowest BCUT2D eigenvalue weighted by Gasteiger charge is -2.31. The molecule has 0 aromatic carbocycles. The van der Waals surface area contributed by atoms with E-state index in [0.717, 1.165) is 11.8 Å². The van der Waals surface area contributed by atoms with Crippen LogP contribution in [0, 0.1) is 11.8 Å². The molecule has 0 aliphatic carbocycles. The van der Waals surface area contributed by atoms with Gasteiger partial charge in [-0.1, -0.05) is 59.1 Å². The van der Waals surface area contributed by atoms with Crippen LogP contribution >= 0.6 is 0 Å². The second-order valence-corrected chi connectivity index (χ2v) is 11.2. The lowest BCUT2D eigenvalue weighted by atomic mass is 10.3. The highest BCUT2D eigenvalue weighted by Crippen LogP contribution is 2.26. The Hall–Kier alpha value is 0.202. The van der Waals surface area contributed by atoms with Crippen molar-refractivity contribution in [3.05, 3.63) is 0 Å². The van der Waals surface area contributed by atoms with Crippen molar-refractivity contribution in [3.63, 3.8) is 0 Å². The zero-order valence-electron chi connectivity index (χ0n) is 12.3. The maximum atomic E-state index is 5.02. The summed E-state index contributed by atoms with van der Waals surface area (Å²) in [5.74, 6) is 4.09. The SMILES string of the molecule is CCCC/C=[N]/[Al-]([CH3])([CH2]C(C)C)[CH2]C(C)C. The van der Waals surface area contributed by atoms with Crippen LogP contribution in [0.4, 0.5) is 0 Å². The largest absolute Gasteiger partial charge is 0.561 e. The van der Waals surface area contributed by atoms with Crippen molar-refractivity contribution in [1.29, 1.82) is 0 Å². The summed E-state index contributed by atoms with van der Waals surface area (Å²) < 4.78 is 5.02. The first-order valence-electron chi connectivity index (χ1n) is 7.15. The number of hydrogen-bond donors (Lipinski definition) is 0. The Morgan fingerprint density at radius 1 is 1.06 bits per heavy atom. The first-order chi connectivity index (χ1) is 7.39. The zero-order valence-corrected chi connectivity index (χ0v) is 13.4. The third kappa shape index (κ3) is 8.37. The Kier molecular flexibility index (Phi) is 8.42. The van der Waals surface area contributed by atoms with Crippen molar-refractivity contribution in [2.75, 3.05) is 0 Å². The fourth-order valence-electron chi connectivity index (χ4n) is 2.87. The van der Waals surface area contributed by atoms with Gasteiger partial charge in [0.05, 0.1) is 0 Å². The van der Waals surface area contributed by atoms with E-state index >= 15 is 0 Å². The molecule has 0 atom stereocenters. The average molecular weight is 240 g/mol. The molecule has 0 radical (unpaired) electrons. The van der Waals surface area contributed by atoms with Gasteiger partial charge in [0.1, 0.15) is 0 Å². The molecule has 0 saturated carbocycles. The van der Waals surface area contributed by atoms with Crippen molar-refractivity contribution in [2.45, 2.75) is 70.2 Å². The van der Waals surface area contributed by atoms with E-state index in [1.54, 1.807) is 0 Å². The van der Waals surface area contributed by atoms with E-state index < -0.39 is 13.3 Å². The molecule has 0 aromatic rings. The summed E-state index contributed by atoms with van der Waals surface area (Å²) in [7, 11) is 0. The predicted molar refractivity (Wildman–Crippen MR) is 78.9 cm³/mol. The van der Waals surface area contributed by atoms with E-state index in [0.29, 0.717) is 0 Å². The summed E-state index contributed by atoms with van der Waals surface area (Å²) >= 11 is -1.66. The fraction of sp³-hybridized carbons (Fsp3) is 0.929. The Balaban J connectivity index is 4.34. The average Bonchev–Trinajstić information content (AvgIpc) is 2.09. The molecule has 2 heteroatoms. The second kappa shape index (κ2) is 8.32. The smallest absolute Gasteiger partial charge is 0.273 e. The van der Waals surface area contributed by atoms with E-state index in [-0.39, 0.29) is 0 Å². The molecule has 0 amide bonds. The van der Waals surface area contributed by atoms with Gasteiger partial charge in [0.25, 0.3) is 13.3 Å². The van der Waals surface area contributed by atoms with Crippen LogP contribution in [0.25, 0.3) is 0 Å². The monoisotopic (exact) mass is 240 g/mol. The minimum absolute atomic E-state index is 0.803. The number of unbranched alkanes of at least 4 members (excludes halogenated alkanes) is 2. The molecule has 0 rings (SSSR count). The number of nitrogens with zero attached hydrogens (tertiary/aromatic N) is 1. The van der Waals surface area contributed by atoms with E-state index in [4.69, 9.17) is 3.98 Å². The normalized spacial score (nSPS) is 13.2. The summed E-state index contributed by atoms with van der Waals surface area (Å²) in [5, 5.41) is 2.74. The second-order valence-electron chi connectivity index (χ2n) is 6.46. The highest BCUT2D eigenvalue weighted by molar-refractivity contribution is 6.77. The van der Waals surface area contributed by atoms with Crippen LogP contribution in [0.5, 0.6) is 0 Å². The molecule has 0 unspecified atom stereocenters. The first-order valence-corrected chi connectivity index (χ1v) is 10.5. The standard InChI is InChI=1S/C5H10N.2C4H9.CH3.Al/c1-2-3-4-5-6;2*1-4(2)3;;/h5H,2-4H2,1H3;2*4H,1H2,2-3H3;1H3;/q-1;;;;. The molecule has 0 saturated heterocycles. The Morgan fingerprint density at radius 3 is 1.94 bits per heavy atom. The van der Waals surface area contributed by atoms with Gasteiger partial charge in [-0.2, -0.15) is 16.4 Å². The van der Waals surface area contributed by atoms with E-state index in [1.807, 2.05) is 0 Å². The van der Waals surface area contributed by atoms with E-state index in [2.05, 4.69) is 46.6 Å². The summed E-state index contributed by atoms with van der Waals surface area (Å²) in [6.45, 7) is 11.6. The summed E-state index contributed by atoms with van der Waals surface area (Å²) in [6, 6.07) is 0. The molecule has 0 spiro atoms. The maximum absolute atomic E-state index is 5.02. The van der Waals surface area contributed by atoms with Crippen molar-refractivity contribution < 1.29 is 0 Å². The van der Waals surface area contributed by atoms with E-state index in [1.165, 1.54) is 29.8 Å². The van der Waals surface area contributed by atoms with E-state index in [9.17, 15) is 0 Å². The highest BCUT2D eigenvalue weighted by atomic mass is 27.3. The molecule has 0 bridgehead atoms. The number of hydrogen-bond acceptors (Lipinski definition) is 1. The molecule has 0 aromatic heterocycles. The third-order valence-electron chi connectivity index (χ3n) is 3.11. The Bertz CT molecular complexity index is 187. The third-order valence-corrected chi connectivity index (χ3v) is 7.96. The fourth-order valence-corrected chi connectivity index (χ4v) is 8.03. The maximum Gasteiger partial charge on any atom is 0.273 e. The van der Waals surface area contributed by atoms with Crippen LogP contribution in [-0.4, -0.2) is 19.5 Å². The minimum atomic E-state index is -1.66. The Labute approximate surface area is 106 Å². The van der Waals surface area contributed by atoms with Gasteiger partial charge >= 0.3 is 0 Å². The van der Waals surface area contributed by atoms with Crippen LogP contribution in [0.15, 0.2) is 3.98 Å². The van der Waals surface area contributed by atoms with Crippen LogP contribution in [0.3, 0.4) is 0 Å². The minimum Gasteiger partial charge on any atom is -0.561 e. The van der Waals surface area contributed by atoms with Crippen LogP contribution in [-0.2, 0) is 0 Å². The van der Waals surface area contributed by atoms with Gasteiger partial charge in [0, 0.05) is 0 Å². The van der Waals surface area contributed by atoms with Crippen molar-refractivity contribution in [2.24, 2.45) is 15.8 Å². The van der Waals surface area contributed by atoms with Gasteiger partial charge < -0.3 is 3.98 Å². The van der Waals surface area contributed by atoms with Crippen LogP contribution in [0.1, 0.15) is 53.9 Å². The summed E-state index contributed by atoms with van der Waals surface area (Å²) in [4.78, 5) is 0. The molecule has 0 aliphatic heterocycles. The molecule has 16 heavy (non-hydrogen) atoms. The van der Waals surface area contributed by atoms with Gasteiger partial charge in [-0.15, -0.1) is 0 Å². The lowest BCUT2D eigenvalue weighted by molar-refractivity contribution is 0.678. The van der Waals surface area contributed by atoms with Gasteiger partial charge in [-0.3, -0.25) is 0 Å². The predicted octanol–water partition coefficient (Wildman–Crippen LogP) is 5.13. The van der Waals surface area contributed by atoms with Crippen LogP contribution in [0.2, 0.25) is 16.4 Å². The van der Waals surface area contributed by atoms with Crippen molar-refractivity contribution >= 4 is 19.5 Å². The Morgan fingerprint density at radius 2 is 1.56 bits per heavy atom. The molecule has 0 heterocycles. The lowest BCUT2D eigenvalue weighted by Crippen LogP contribution is -2.31. The van der Waals surface area contributed by atoms with Crippen LogP contribution < -0.4 is 0 Å². The van der Waals surface area contributed by atoms with Gasteiger partial charge in [0.2, 0.25) is 0 Å². The molecule has 96 valence electrons. The van der Waals surface area contributed by atoms with Crippen molar-refractivity contribution in [1.82, 2.24) is 0 Å². The first kappa shape index (κ1) is 16.2. The van der Waals surface area contributed by atoms with Crippen molar-refractivity contribution in [3.8, 4) is 0 Å². The topological polar surface area (TPSA) is 12.4 Å².